The quantitative estimate of drug-likeness (QED) is 0.143. The van der Waals surface area contributed by atoms with Gasteiger partial charge in [0.1, 0.15) is 0 Å². The molecule has 0 aliphatic rings. The highest BCUT2D eigenvalue weighted by Gasteiger charge is 2.19. The third-order valence-corrected chi connectivity index (χ3v) is 6.89. The Bertz CT molecular complexity index is 1280. The summed E-state index contributed by atoms with van der Waals surface area (Å²) in [5, 5.41) is 13.1. The van der Waals surface area contributed by atoms with Crippen LogP contribution in [0.1, 0.15) is 62.0 Å². The second kappa shape index (κ2) is 14.1. The van der Waals surface area contributed by atoms with Crippen molar-refractivity contribution < 1.29 is 18.4 Å². The smallest absolute Gasteiger partial charge is 0.316 e. The summed E-state index contributed by atoms with van der Waals surface area (Å²) in [6.45, 7) is 3.76. The van der Waals surface area contributed by atoms with Gasteiger partial charge in [0, 0.05) is 30.1 Å². The number of nitrogens with one attached hydrogen (secondary N) is 1. The molecule has 37 heavy (non-hydrogen) atoms. The van der Waals surface area contributed by atoms with E-state index in [0.29, 0.717) is 43.6 Å². The minimum absolute atomic E-state index is 0.252. The first kappa shape index (κ1) is 27.1. The largest absolute Gasteiger partial charge is 0.421 e. The summed E-state index contributed by atoms with van der Waals surface area (Å²) in [4.78, 5) is 13.4. The van der Waals surface area contributed by atoms with E-state index in [-0.39, 0.29) is 6.61 Å². The van der Waals surface area contributed by atoms with Crippen LogP contribution in [0.15, 0.2) is 65.2 Å². The zero-order chi connectivity index (χ0) is 25.9. The number of hydrogen-bond acceptors (Lipinski definition) is 7. The van der Waals surface area contributed by atoms with E-state index in [2.05, 4.69) is 51.7 Å². The van der Waals surface area contributed by atoms with Gasteiger partial charge in [0.25, 0.3) is 0 Å². The molecule has 2 atom stereocenters. The first-order chi connectivity index (χ1) is 18.2. The molecule has 2 unspecified atom stereocenters. The molecular weight excluding hydrogens is 487 g/mol. The van der Waals surface area contributed by atoms with E-state index in [9.17, 15) is 4.57 Å². The van der Waals surface area contributed by atoms with Gasteiger partial charge >= 0.3 is 8.25 Å². The molecule has 2 N–H and O–H groups in total. The third kappa shape index (κ3) is 7.79. The molecule has 8 nitrogen and oxygen atoms in total. The van der Waals surface area contributed by atoms with Crippen LogP contribution < -0.4 is 5.32 Å². The van der Waals surface area contributed by atoms with Gasteiger partial charge in [-0.25, -0.2) is 0 Å². The highest BCUT2D eigenvalue weighted by atomic mass is 31.1. The van der Waals surface area contributed by atoms with Crippen molar-refractivity contribution in [3.05, 3.63) is 77.8 Å². The van der Waals surface area contributed by atoms with Gasteiger partial charge in [-0.2, -0.15) is 0 Å². The van der Waals surface area contributed by atoms with E-state index in [0.717, 1.165) is 28.5 Å². The van der Waals surface area contributed by atoms with Crippen LogP contribution in [0.5, 0.6) is 0 Å². The van der Waals surface area contributed by atoms with Crippen molar-refractivity contribution in [2.45, 2.75) is 57.9 Å². The number of benzene rings is 2. The van der Waals surface area contributed by atoms with Crippen LogP contribution in [0, 0.1) is 0 Å². The predicted molar refractivity (Wildman–Crippen MR) is 146 cm³/mol. The predicted octanol–water partition coefficient (Wildman–Crippen LogP) is 6.07. The highest BCUT2D eigenvalue weighted by molar-refractivity contribution is 7.32. The van der Waals surface area contributed by atoms with Crippen LogP contribution in [0.25, 0.3) is 22.4 Å². The van der Waals surface area contributed by atoms with Crippen molar-refractivity contribution in [3.8, 4) is 11.5 Å². The van der Waals surface area contributed by atoms with E-state index in [1.54, 1.807) is 6.20 Å². The minimum Gasteiger partial charge on any atom is -0.421 e. The Labute approximate surface area is 218 Å². The molecule has 0 saturated carbocycles. The number of hydrogen-bond donors (Lipinski definition) is 2. The van der Waals surface area contributed by atoms with Gasteiger partial charge in [0.2, 0.25) is 11.8 Å². The summed E-state index contributed by atoms with van der Waals surface area (Å²) in [5.41, 5.74) is 4.11. The molecule has 0 amide bonds. The lowest BCUT2D eigenvalue weighted by Gasteiger charge is -2.15. The monoisotopic (exact) mass is 522 g/mol. The van der Waals surface area contributed by atoms with Crippen LogP contribution in [0.4, 0.5) is 0 Å². The molecule has 0 radical (unpaired) electrons. The summed E-state index contributed by atoms with van der Waals surface area (Å²) < 4.78 is 21.6. The van der Waals surface area contributed by atoms with Crippen molar-refractivity contribution in [2.75, 3.05) is 13.2 Å². The minimum atomic E-state index is -2.87. The normalized spacial score (nSPS) is 13.1. The van der Waals surface area contributed by atoms with Crippen molar-refractivity contribution >= 4 is 19.2 Å². The van der Waals surface area contributed by atoms with Crippen LogP contribution >= 0.6 is 8.25 Å². The number of aromatic nitrogens is 3. The molecule has 0 fully saturated rings. The summed E-state index contributed by atoms with van der Waals surface area (Å²) >= 11 is 0. The number of rotatable bonds is 15. The fourth-order valence-electron chi connectivity index (χ4n) is 4.55. The second-order valence-corrected chi connectivity index (χ2v) is 9.95. The average molecular weight is 523 g/mol. The molecule has 2 aromatic carbocycles. The van der Waals surface area contributed by atoms with Crippen LogP contribution in [-0.4, -0.2) is 33.2 Å². The first-order valence-electron chi connectivity index (χ1n) is 13.0. The van der Waals surface area contributed by atoms with Gasteiger partial charge in [-0.1, -0.05) is 68.7 Å². The lowest BCUT2D eigenvalue weighted by atomic mass is 9.90. The van der Waals surface area contributed by atoms with Gasteiger partial charge in [0.15, 0.2) is 0 Å². The van der Waals surface area contributed by atoms with E-state index in [4.69, 9.17) is 13.8 Å². The third-order valence-electron chi connectivity index (χ3n) is 6.44. The lowest BCUT2D eigenvalue weighted by molar-refractivity contribution is 0.276. The summed E-state index contributed by atoms with van der Waals surface area (Å²) in [5.74, 6) is 1.50. The molecule has 0 bridgehead atoms. The van der Waals surface area contributed by atoms with Crippen LogP contribution in [-0.2, 0) is 22.1 Å². The lowest BCUT2D eigenvalue weighted by Crippen LogP contribution is -2.16. The number of nitrogens with zero attached hydrogens (tertiary/aromatic N) is 3. The van der Waals surface area contributed by atoms with Crippen molar-refractivity contribution in [1.82, 2.24) is 20.5 Å². The van der Waals surface area contributed by atoms with E-state index in [1.165, 1.54) is 24.8 Å². The summed E-state index contributed by atoms with van der Waals surface area (Å²) in [6, 6.07) is 18.6. The Kier molecular flexibility index (Phi) is 10.4. The van der Waals surface area contributed by atoms with Gasteiger partial charge in [0.05, 0.1) is 12.1 Å². The second-order valence-electron chi connectivity index (χ2n) is 9.12. The molecule has 4 rings (SSSR count). The van der Waals surface area contributed by atoms with Gasteiger partial charge in [-0.05, 0) is 48.6 Å². The molecule has 9 heteroatoms. The fourth-order valence-corrected chi connectivity index (χ4v) is 4.87. The molecule has 0 saturated heterocycles. The highest BCUT2D eigenvalue weighted by Crippen LogP contribution is 2.31. The van der Waals surface area contributed by atoms with Crippen LogP contribution in [0.2, 0.25) is 0 Å². The maximum Gasteiger partial charge on any atom is 0.316 e. The Balaban J connectivity index is 1.48. The molecular formula is C28H35N4O4P. The van der Waals surface area contributed by atoms with Gasteiger partial charge in [-0.3, -0.25) is 9.55 Å². The molecule has 2 heterocycles. The SMILES string of the molecule is CCCCCC(Cc1nnc(-c2ccc(CNCCCO[PH](=O)O)c3ncccc23)o1)c1ccccc1. The maximum atomic E-state index is 10.6. The first-order valence-corrected chi connectivity index (χ1v) is 14.2. The van der Waals surface area contributed by atoms with Gasteiger partial charge in [-0.15, -0.1) is 10.2 Å². The maximum absolute atomic E-state index is 10.6. The molecule has 0 spiro atoms. The number of fused-ring (bicyclic) bond motifs is 1. The molecule has 196 valence electrons. The summed E-state index contributed by atoms with van der Waals surface area (Å²) in [7, 11) is -2.87. The van der Waals surface area contributed by atoms with Crippen molar-refractivity contribution in [1.29, 1.82) is 0 Å². The standard InChI is InChI=1S/C28H35N4O4P/c1-2-3-5-12-22(21-10-6-4-7-11-21)19-26-31-32-28(36-26)25-15-14-23(27-24(25)13-8-17-30-27)20-29-16-9-18-35-37(33)34/h4,6-8,10-11,13-15,17,22,29,37H,2-3,5,9,12,16,18-20H2,1H3,(H,33,34). The molecule has 2 aromatic heterocycles. The summed E-state index contributed by atoms with van der Waals surface area (Å²) in [6.07, 6.45) is 7.83. The topological polar surface area (TPSA) is 110 Å². The molecule has 0 aliphatic heterocycles. The Morgan fingerprint density at radius 3 is 2.73 bits per heavy atom. The number of pyridine rings is 1. The van der Waals surface area contributed by atoms with Crippen molar-refractivity contribution in [3.63, 3.8) is 0 Å². The molecule has 0 aliphatic carbocycles. The number of unbranched alkanes of at least 4 members (excludes halogenated alkanes) is 2. The average Bonchev–Trinajstić information content (AvgIpc) is 3.38. The molecule has 4 aromatic rings. The van der Waals surface area contributed by atoms with Crippen LogP contribution in [0.3, 0.4) is 0 Å². The Morgan fingerprint density at radius 2 is 1.92 bits per heavy atom. The van der Waals surface area contributed by atoms with E-state index < -0.39 is 8.25 Å². The zero-order valence-corrected chi connectivity index (χ0v) is 22.2. The van der Waals surface area contributed by atoms with Gasteiger partial charge < -0.3 is 19.2 Å². The fraction of sp³-hybridized carbons (Fsp3) is 0.393. The zero-order valence-electron chi connectivity index (χ0n) is 21.2. The Morgan fingerprint density at radius 1 is 1.05 bits per heavy atom. The van der Waals surface area contributed by atoms with E-state index >= 15 is 0 Å². The van der Waals surface area contributed by atoms with Crippen molar-refractivity contribution in [2.24, 2.45) is 0 Å². The van der Waals surface area contributed by atoms with E-state index in [1.807, 2.05) is 30.3 Å². The Hall–Kier alpha value is -2.90.